The predicted molar refractivity (Wildman–Crippen MR) is 67.2 cm³/mol. The van der Waals surface area contributed by atoms with Crippen LogP contribution in [0.25, 0.3) is 0 Å². The Labute approximate surface area is 97.8 Å². The molecule has 0 saturated carbocycles. The van der Waals surface area contributed by atoms with Gasteiger partial charge in [0.15, 0.2) is 0 Å². The van der Waals surface area contributed by atoms with Gasteiger partial charge in [-0.3, -0.25) is 0 Å². The molecule has 1 rings (SSSR count). The van der Waals surface area contributed by atoms with Gasteiger partial charge >= 0.3 is 0 Å². The lowest BCUT2D eigenvalue weighted by Crippen LogP contribution is -2.26. The van der Waals surface area contributed by atoms with Crippen LogP contribution in [-0.4, -0.2) is 6.04 Å². The van der Waals surface area contributed by atoms with Crippen molar-refractivity contribution < 1.29 is 0 Å². The zero-order valence-electron chi connectivity index (χ0n) is 9.76. The molecule has 0 amide bonds. The van der Waals surface area contributed by atoms with Crippen LogP contribution in [0.1, 0.15) is 32.8 Å². The summed E-state index contributed by atoms with van der Waals surface area (Å²) in [6.45, 7) is 7.56. The van der Waals surface area contributed by atoms with Crippen molar-refractivity contribution in [3.05, 3.63) is 34.9 Å². The van der Waals surface area contributed by atoms with Gasteiger partial charge in [0.1, 0.15) is 0 Å². The minimum atomic E-state index is 0.543. The number of hydrogen-bond acceptors (Lipinski definition) is 1. The van der Waals surface area contributed by atoms with Crippen molar-refractivity contribution in [2.24, 2.45) is 5.92 Å². The summed E-state index contributed by atoms with van der Waals surface area (Å²) >= 11 is 6.07. The molecule has 0 saturated heterocycles. The predicted octanol–water partition coefficient (Wildman–Crippen LogP) is 3.86. The number of hydrogen-bond donors (Lipinski definition) is 1. The Morgan fingerprint density at radius 1 is 1.20 bits per heavy atom. The van der Waals surface area contributed by atoms with Crippen LogP contribution in [0.5, 0.6) is 0 Å². The van der Waals surface area contributed by atoms with Gasteiger partial charge in [0.25, 0.3) is 0 Å². The summed E-state index contributed by atoms with van der Waals surface area (Å²) in [5.74, 6) is 0.735. The fourth-order valence-electron chi connectivity index (χ4n) is 1.72. The van der Waals surface area contributed by atoms with E-state index >= 15 is 0 Å². The number of nitrogens with one attached hydrogen (secondary N) is 1. The van der Waals surface area contributed by atoms with Crippen molar-refractivity contribution in [3.63, 3.8) is 0 Å². The van der Waals surface area contributed by atoms with E-state index in [2.05, 4.69) is 32.2 Å². The molecule has 0 fully saturated rings. The van der Waals surface area contributed by atoms with Gasteiger partial charge in [0.2, 0.25) is 0 Å². The van der Waals surface area contributed by atoms with Crippen LogP contribution in [0.4, 0.5) is 0 Å². The van der Waals surface area contributed by atoms with Crippen LogP contribution in [0.2, 0.25) is 5.02 Å². The summed E-state index contributed by atoms with van der Waals surface area (Å²) in [7, 11) is 0. The normalized spacial score (nSPS) is 13.1. The van der Waals surface area contributed by atoms with Crippen molar-refractivity contribution >= 4 is 11.6 Å². The molecule has 0 aliphatic heterocycles. The molecule has 1 atom stereocenters. The van der Waals surface area contributed by atoms with Gasteiger partial charge in [-0.1, -0.05) is 43.6 Å². The van der Waals surface area contributed by atoms with Crippen LogP contribution in [0, 0.1) is 5.92 Å². The van der Waals surface area contributed by atoms with Gasteiger partial charge in [0.05, 0.1) is 0 Å². The Morgan fingerprint density at radius 2 is 1.87 bits per heavy atom. The second-order valence-electron chi connectivity index (χ2n) is 4.50. The number of rotatable bonds is 5. The highest BCUT2D eigenvalue weighted by molar-refractivity contribution is 6.31. The largest absolute Gasteiger partial charge is 0.310 e. The molecule has 0 radical (unpaired) electrons. The Hall–Kier alpha value is -0.530. The smallest absolute Gasteiger partial charge is 0.0450 e. The molecule has 15 heavy (non-hydrogen) atoms. The van der Waals surface area contributed by atoms with E-state index in [-0.39, 0.29) is 0 Å². The molecule has 0 bridgehead atoms. The van der Waals surface area contributed by atoms with Crippen LogP contribution in [-0.2, 0) is 6.54 Å². The quantitative estimate of drug-likeness (QED) is 0.803. The molecule has 0 spiro atoms. The van der Waals surface area contributed by atoms with E-state index in [1.54, 1.807) is 0 Å². The molecule has 1 nitrogen and oxygen atoms in total. The summed E-state index contributed by atoms with van der Waals surface area (Å²) in [6, 6.07) is 8.53. The van der Waals surface area contributed by atoms with Gasteiger partial charge in [0, 0.05) is 17.6 Å². The van der Waals surface area contributed by atoms with Gasteiger partial charge in [-0.15, -0.1) is 0 Å². The summed E-state index contributed by atoms with van der Waals surface area (Å²) in [6.07, 6.45) is 1.20. The third-order valence-corrected chi connectivity index (χ3v) is 2.79. The van der Waals surface area contributed by atoms with Gasteiger partial charge in [-0.05, 0) is 30.9 Å². The van der Waals surface area contributed by atoms with Crippen molar-refractivity contribution in [1.82, 2.24) is 5.32 Å². The molecule has 0 heterocycles. The molecule has 2 heteroatoms. The van der Waals surface area contributed by atoms with Crippen molar-refractivity contribution in [2.75, 3.05) is 0 Å². The lowest BCUT2D eigenvalue weighted by molar-refractivity contribution is 0.441. The summed E-state index contributed by atoms with van der Waals surface area (Å²) in [5, 5.41) is 4.34. The van der Waals surface area contributed by atoms with Gasteiger partial charge in [-0.2, -0.15) is 0 Å². The highest BCUT2D eigenvalue weighted by atomic mass is 35.5. The molecule has 0 aromatic heterocycles. The molecule has 1 aromatic carbocycles. The second kappa shape index (κ2) is 6.14. The SMILES string of the molecule is CC(C)C[C@H](C)NCc1ccccc1Cl. The van der Waals surface area contributed by atoms with Gasteiger partial charge in [-0.25, -0.2) is 0 Å². The van der Waals surface area contributed by atoms with E-state index in [0.29, 0.717) is 6.04 Å². The summed E-state index contributed by atoms with van der Waals surface area (Å²) < 4.78 is 0. The third-order valence-electron chi connectivity index (χ3n) is 2.42. The fraction of sp³-hybridized carbons (Fsp3) is 0.538. The molecule has 1 N–H and O–H groups in total. The first-order valence-electron chi connectivity index (χ1n) is 5.56. The van der Waals surface area contributed by atoms with E-state index < -0.39 is 0 Å². The first-order chi connectivity index (χ1) is 7.09. The molecule has 0 aliphatic rings. The summed E-state index contributed by atoms with van der Waals surface area (Å²) in [5.41, 5.74) is 1.18. The van der Waals surface area contributed by atoms with Crippen LogP contribution in [0.15, 0.2) is 24.3 Å². The first kappa shape index (κ1) is 12.5. The average molecular weight is 226 g/mol. The fourth-order valence-corrected chi connectivity index (χ4v) is 1.92. The zero-order chi connectivity index (χ0) is 11.3. The zero-order valence-corrected chi connectivity index (χ0v) is 10.5. The molecule has 0 unspecified atom stereocenters. The van der Waals surface area contributed by atoms with Crippen LogP contribution < -0.4 is 5.32 Å². The Balaban J connectivity index is 2.40. The highest BCUT2D eigenvalue weighted by Gasteiger charge is 2.05. The standard InChI is InChI=1S/C13H20ClN/c1-10(2)8-11(3)15-9-12-6-4-5-7-13(12)14/h4-7,10-11,15H,8-9H2,1-3H3/t11-/m0/s1. The van der Waals surface area contributed by atoms with Crippen molar-refractivity contribution in [1.29, 1.82) is 0 Å². The lowest BCUT2D eigenvalue weighted by atomic mass is 10.1. The summed E-state index contributed by atoms with van der Waals surface area (Å²) in [4.78, 5) is 0. The maximum atomic E-state index is 6.07. The van der Waals surface area contributed by atoms with Crippen molar-refractivity contribution in [2.45, 2.75) is 39.8 Å². The maximum Gasteiger partial charge on any atom is 0.0450 e. The Bertz CT molecular complexity index is 296. The van der Waals surface area contributed by atoms with E-state index in [9.17, 15) is 0 Å². The van der Waals surface area contributed by atoms with Crippen LogP contribution in [0.3, 0.4) is 0 Å². The van der Waals surface area contributed by atoms with E-state index in [4.69, 9.17) is 11.6 Å². The van der Waals surface area contributed by atoms with Crippen molar-refractivity contribution in [3.8, 4) is 0 Å². The minimum absolute atomic E-state index is 0.543. The Morgan fingerprint density at radius 3 is 2.47 bits per heavy atom. The number of benzene rings is 1. The third kappa shape index (κ3) is 4.67. The highest BCUT2D eigenvalue weighted by Crippen LogP contribution is 2.15. The molecule has 84 valence electrons. The van der Waals surface area contributed by atoms with E-state index in [0.717, 1.165) is 17.5 Å². The second-order valence-corrected chi connectivity index (χ2v) is 4.91. The minimum Gasteiger partial charge on any atom is -0.310 e. The lowest BCUT2D eigenvalue weighted by Gasteiger charge is -2.16. The topological polar surface area (TPSA) is 12.0 Å². The molecule has 1 aromatic rings. The van der Waals surface area contributed by atoms with Gasteiger partial charge < -0.3 is 5.32 Å². The Kier molecular flexibility index (Phi) is 5.13. The first-order valence-corrected chi connectivity index (χ1v) is 5.94. The average Bonchev–Trinajstić information content (AvgIpc) is 2.15. The van der Waals surface area contributed by atoms with Crippen LogP contribution >= 0.6 is 11.6 Å². The molecule has 0 aliphatic carbocycles. The van der Waals surface area contributed by atoms with E-state index in [1.165, 1.54) is 12.0 Å². The monoisotopic (exact) mass is 225 g/mol. The molecular formula is C13H20ClN. The van der Waals surface area contributed by atoms with E-state index in [1.807, 2.05) is 18.2 Å². The maximum absolute atomic E-state index is 6.07. The molecular weight excluding hydrogens is 206 g/mol. The number of halogens is 1.